The third kappa shape index (κ3) is 10.1. The highest BCUT2D eigenvalue weighted by Crippen LogP contribution is 2.18. The quantitative estimate of drug-likeness (QED) is 0.791. The van der Waals surface area contributed by atoms with E-state index in [1.54, 1.807) is 20.8 Å². The number of rotatable bonds is 4. The fraction of sp³-hybridized carbons (Fsp3) is 1.00. The Bertz CT molecular complexity index is 172. The van der Waals surface area contributed by atoms with E-state index in [0.29, 0.717) is 0 Å². The van der Waals surface area contributed by atoms with Crippen LogP contribution in [-0.2, 0) is 4.74 Å². The van der Waals surface area contributed by atoms with Gasteiger partial charge >= 0.3 is 0 Å². The lowest BCUT2D eigenvalue weighted by Gasteiger charge is -2.27. The second-order valence-electron chi connectivity index (χ2n) is 5.86. The number of ether oxygens (including phenoxy) is 1. The molecule has 1 N–H and O–H groups in total. The van der Waals surface area contributed by atoms with Crippen LogP contribution in [0.5, 0.6) is 0 Å². The van der Waals surface area contributed by atoms with Crippen LogP contribution >= 0.6 is 0 Å². The summed E-state index contributed by atoms with van der Waals surface area (Å²) < 4.78 is 31.7. The average molecular weight is 223 g/mol. The molecule has 0 bridgehead atoms. The van der Waals surface area contributed by atoms with Crippen LogP contribution in [0.3, 0.4) is 0 Å². The highest BCUT2D eigenvalue weighted by molar-refractivity contribution is 4.77. The molecule has 0 fully saturated rings. The zero-order valence-corrected chi connectivity index (χ0v) is 10.6. The lowest BCUT2D eigenvalue weighted by molar-refractivity contribution is -0.121. The lowest BCUT2D eigenvalue weighted by atomic mass is 10.1. The largest absolute Gasteiger partial charge is 0.370 e. The summed E-state index contributed by atoms with van der Waals surface area (Å²) in [5, 5.41) is 2.77. The number of hydrogen-bond acceptors (Lipinski definition) is 2. The van der Waals surface area contributed by atoms with E-state index >= 15 is 0 Å². The molecule has 0 spiro atoms. The van der Waals surface area contributed by atoms with E-state index in [2.05, 4.69) is 5.32 Å². The lowest BCUT2D eigenvalue weighted by Crippen LogP contribution is -2.46. The maximum absolute atomic E-state index is 13.3. The summed E-state index contributed by atoms with van der Waals surface area (Å²) in [7, 11) is 0. The predicted molar refractivity (Wildman–Crippen MR) is 58.4 cm³/mol. The standard InChI is InChI=1S/C11H23F2NO/c1-9(2,3)14-7-11(12,13)8-15-10(4,5)6/h14H,7-8H2,1-6H3. The smallest absolute Gasteiger partial charge is 0.283 e. The molecule has 0 radical (unpaired) electrons. The minimum atomic E-state index is -2.82. The van der Waals surface area contributed by atoms with Crippen LogP contribution in [0, 0.1) is 0 Å². The first-order valence-corrected chi connectivity index (χ1v) is 5.18. The maximum Gasteiger partial charge on any atom is 0.283 e. The zero-order chi connectivity index (χ0) is 12.3. The molecular weight excluding hydrogens is 200 g/mol. The molecule has 15 heavy (non-hydrogen) atoms. The van der Waals surface area contributed by atoms with Crippen molar-refractivity contribution in [3.05, 3.63) is 0 Å². The Morgan fingerprint density at radius 3 is 1.80 bits per heavy atom. The normalized spacial score (nSPS) is 14.4. The molecule has 0 amide bonds. The first-order valence-electron chi connectivity index (χ1n) is 5.18. The van der Waals surface area contributed by atoms with Gasteiger partial charge in [-0.2, -0.15) is 0 Å². The third-order valence-electron chi connectivity index (χ3n) is 1.59. The van der Waals surface area contributed by atoms with Crippen LogP contribution in [-0.4, -0.2) is 30.2 Å². The van der Waals surface area contributed by atoms with E-state index in [9.17, 15) is 8.78 Å². The van der Waals surface area contributed by atoms with Crippen molar-refractivity contribution in [3.8, 4) is 0 Å². The molecule has 0 saturated carbocycles. The predicted octanol–water partition coefficient (Wildman–Crippen LogP) is 2.82. The van der Waals surface area contributed by atoms with Gasteiger partial charge in [0, 0.05) is 5.54 Å². The molecule has 2 nitrogen and oxygen atoms in total. The third-order valence-corrected chi connectivity index (χ3v) is 1.59. The van der Waals surface area contributed by atoms with Gasteiger partial charge in [-0.15, -0.1) is 0 Å². The van der Waals surface area contributed by atoms with Gasteiger partial charge < -0.3 is 10.1 Å². The van der Waals surface area contributed by atoms with Crippen molar-refractivity contribution in [2.24, 2.45) is 0 Å². The summed E-state index contributed by atoms with van der Waals surface area (Å²) >= 11 is 0. The van der Waals surface area contributed by atoms with E-state index < -0.39 is 18.1 Å². The van der Waals surface area contributed by atoms with E-state index in [0.717, 1.165) is 0 Å². The van der Waals surface area contributed by atoms with Gasteiger partial charge in [-0.25, -0.2) is 8.78 Å². The monoisotopic (exact) mass is 223 g/mol. The van der Waals surface area contributed by atoms with Crippen LogP contribution < -0.4 is 5.32 Å². The Balaban J connectivity index is 3.98. The Morgan fingerprint density at radius 1 is 1.00 bits per heavy atom. The molecule has 0 aromatic rings. The van der Waals surface area contributed by atoms with Crippen molar-refractivity contribution in [2.45, 2.75) is 58.6 Å². The first-order chi connectivity index (χ1) is 6.41. The van der Waals surface area contributed by atoms with Gasteiger partial charge in [0.2, 0.25) is 0 Å². The van der Waals surface area contributed by atoms with Crippen molar-refractivity contribution in [1.82, 2.24) is 5.32 Å². The molecule has 0 aromatic heterocycles. The van der Waals surface area contributed by atoms with Gasteiger partial charge in [0.25, 0.3) is 5.92 Å². The molecule has 0 atom stereocenters. The summed E-state index contributed by atoms with van der Waals surface area (Å²) in [6.07, 6.45) is 0. The van der Waals surface area contributed by atoms with Crippen LogP contribution in [0.4, 0.5) is 8.78 Å². The van der Waals surface area contributed by atoms with E-state index in [4.69, 9.17) is 4.74 Å². The second kappa shape index (κ2) is 4.74. The summed E-state index contributed by atoms with van der Waals surface area (Å²) in [4.78, 5) is 0. The molecule has 0 saturated heterocycles. The molecule has 0 rings (SSSR count). The fourth-order valence-electron chi connectivity index (χ4n) is 0.768. The first kappa shape index (κ1) is 14.8. The van der Waals surface area contributed by atoms with Crippen molar-refractivity contribution in [3.63, 3.8) is 0 Å². The molecule has 0 aromatic carbocycles. The Hall–Kier alpha value is -0.220. The molecule has 92 valence electrons. The van der Waals surface area contributed by atoms with Gasteiger partial charge in [0.05, 0.1) is 12.1 Å². The van der Waals surface area contributed by atoms with Gasteiger partial charge in [0.1, 0.15) is 6.61 Å². The van der Waals surface area contributed by atoms with Crippen molar-refractivity contribution >= 4 is 0 Å². The minimum absolute atomic E-state index is 0.300. The van der Waals surface area contributed by atoms with Gasteiger partial charge in [-0.1, -0.05) is 0 Å². The highest BCUT2D eigenvalue weighted by Gasteiger charge is 2.32. The number of halogens is 2. The summed E-state index contributed by atoms with van der Waals surface area (Å²) in [6, 6.07) is 0. The van der Waals surface area contributed by atoms with Crippen LogP contribution in [0.2, 0.25) is 0 Å². The Labute approximate surface area is 91.4 Å². The fourth-order valence-corrected chi connectivity index (χ4v) is 0.768. The minimum Gasteiger partial charge on any atom is -0.370 e. The van der Waals surface area contributed by atoms with E-state index in [-0.39, 0.29) is 12.1 Å². The van der Waals surface area contributed by atoms with E-state index in [1.807, 2.05) is 20.8 Å². The van der Waals surface area contributed by atoms with E-state index in [1.165, 1.54) is 0 Å². The van der Waals surface area contributed by atoms with Crippen molar-refractivity contribution < 1.29 is 13.5 Å². The molecular formula is C11H23F2NO. The zero-order valence-electron chi connectivity index (χ0n) is 10.6. The summed E-state index contributed by atoms with van der Waals surface area (Å²) in [5.74, 6) is -2.82. The number of hydrogen-bond donors (Lipinski definition) is 1. The molecule has 0 heterocycles. The summed E-state index contributed by atoms with van der Waals surface area (Å²) in [6.45, 7) is 9.96. The van der Waals surface area contributed by atoms with Crippen LogP contribution in [0.1, 0.15) is 41.5 Å². The molecule has 0 unspecified atom stereocenters. The second-order valence-corrected chi connectivity index (χ2v) is 5.86. The molecule has 4 heteroatoms. The van der Waals surface area contributed by atoms with Crippen molar-refractivity contribution in [2.75, 3.05) is 13.2 Å². The average Bonchev–Trinajstić information content (AvgIpc) is 1.96. The van der Waals surface area contributed by atoms with Crippen molar-refractivity contribution in [1.29, 1.82) is 0 Å². The highest BCUT2D eigenvalue weighted by atomic mass is 19.3. The SMILES string of the molecule is CC(C)(C)NCC(F)(F)COC(C)(C)C. The van der Waals surface area contributed by atoms with Crippen LogP contribution in [0.25, 0.3) is 0 Å². The maximum atomic E-state index is 13.3. The summed E-state index contributed by atoms with van der Waals surface area (Å²) in [5.41, 5.74) is -0.823. The van der Waals surface area contributed by atoms with Gasteiger partial charge in [0.15, 0.2) is 0 Å². The topological polar surface area (TPSA) is 21.3 Å². The number of alkyl halides is 2. The van der Waals surface area contributed by atoms with Gasteiger partial charge in [-0.3, -0.25) is 0 Å². The van der Waals surface area contributed by atoms with Gasteiger partial charge in [-0.05, 0) is 41.5 Å². The number of nitrogens with one attached hydrogen (secondary N) is 1. The molecule has 0 aliphatic rings. The molecule has 0 aliphatic carbocycles. The van der Waals surface area contributed by atoms with Crippen LogP contribution in [0.15, 0.2) is 0 Å². The molecule has 0 aliphatic heterocycles. The Kier molecular flexibility index (Phi) is 4.67. The Morgan fingerprint density at radius 2 is 1.47 bits per heavy atom.